The number of rotatable bonds is 7. The first-order valence-corrected chi connectivity index (χ1v) is 6.96. The van der Waals surface area contributed by atoms with Gasteiger partial charge in [0.25, 0.3) is 0 Å². The Labute approximate surface area is 123 Å². The van der Waals surface area contributed by atoms with Crippen LogP contribution in [0.2, 0.25) is 0 Å². The predicted octanol–water partition coefficient (Wildman–Crippen LogP) is 1.87. The van der Waals surface area contributed by atoms with Crippen molar-refractivity contribution in [3.63, 3.8) is 0 Å². The van der Waals surface area contributed by atoms with E-state index in [-0.39, 0.29) is 18.2 Å². The van der Waals surface area contributed by atoms with Gasteiger partial charge in [-0.05, 0) is 24.6 Å². The molecule has 0 amide bonds. The number of aromatic carboxylic acids is 1. The summed E-state index contributed by atoms with van der Waals surface area (Å²) in [4.78, 5) is 15.7. The van der Waals surface area contributed by atoms with Gasteiger partial charge < -0.3 is 19.5 Å². The SMILES string of the molecule is CCCc1nc2ccc(C(=O)O)cc2n1C(CO)COC. The van der Waals surface area contributed by atoms with Crippen LogP contribution in [0, 0.1) is 0 Å². The van der Waals surface area contributed by atoms with E-state index in [1.807, 2.05) is 4.57 Å². The van der Waals surface area contributed by atoms with E-state index in [0.717, 1.165) is 29.7 Å². The van der Waals surface area contributed by atoms with E-state index in [2.05, 4.69) is 11.9 Å². The highest BCUT2D eigenvalue weighted by atomic mass is 16.5. The molecule has 0 spiro atoms. The standard InChI is InChI=1S/C15H20N2O4/c1-3-4-14-16-12-6-5-10(15(19)20)7-13(12)17(14)11(8-18)9-21-2/h5-7,11,18H,3-4,8-9H2,1-2H3,(H,19,20). The lowest BCUT2D eigenvalue weighted by Crippen LogP contribution is -2.20. The Hall–Kier alpha value is -1.92. The van der Waals surface area contributed by atoms with Gasteiger partial charge in [0.1, 0.15) is 5.82 Å². The van der Waals surface area contributed by atoms with Crippen molar-refractivity contribution in [1.29, 1.82) is 0 Å². The third kappa shape index (κ3) is 3.06. The maximum Gasteiger partial charge on any atom is 0.335 e. The molecule has 0 saturated carbocycles. The molecule has 1 aromatic heterocycles. The topological polar surface area (TPSA) is 84.6 Å². The number of ether oxygens (including phenoxy) is 1. The Morgan fingerprint density at radius 1 is 1.48 bits per heavy atom. The lowest BCUT2D eigenvalue weighted by molar-refractivity contribution is 0.0697. The van der Waals surface area contributed by atoms with Crippen molar-refractivity contribution in [3.8, 4) is 0 Å². The van der Waals surface area contributed by atoms with Gasteiger partial charge in [0.05, 0.1) is 35.9 Å². The number of methoxy groups -OCH3 is 1. The van der Waals surface area contributed by atoms with E-state index < -0.39 is 5.97 Å². The third-order valence-corrected chi connectivity index (χ3v) is 3.42. The molecule has 1 unspecified atom stereocenters. The molecule has 6 nitrogen and oxygen atoms in total. The van der Waals surface area contributed by atoms with Gasteiger partial charge in [0, 0.05) is 13.5 Å². The number of hydrogen-bond acceptors (Lipinski definition) is 4. The van der Waals surface area contributed by atoms with Gasteiger partial charge in [0.15, 0.2) is 0 Å². The van der Waals surface area contributed by atoms with E-state index in [1.54, 1.807) is 25.3 Å². The molecular weight excluding hydrogens is 272 g/mol. The molecule has 1 atom stereocenters. The Morgan fingerprint density at radius 3 is 2.81 bits per heavy atom. The number of carboxylic acids is 1. The van der Waals surface area contributed by atoms with Crippen molar-refractivity contribution < 1.29 is 19.7 Å². The van der Waals surface area contributed by atoms with Gasteiger partial charge in [-0.2, -0.15) is 0 Å². The fraction of sp³-hybridized carbons (Fsp3) is 0.467. The smallest absolute Gasteiger partial charge is 0.335 e. The quantitative estimate of drug-likeness (QED) is 0.813. The second-order valence-corrected chi connectivity index (χ2v) is 4.95. The Balaban J connectivity index is 2.63. The molecule has 21 heavy (non-hydrogen) atoms. The molecule has 0 saturated heterocycles. The largest absolute Gasteiger partial charge is 0.478 e. The zero-order valence-electron chi connectivity index (χ0n) is 12.2. The van der Waals surface area contributed by atoms with Crippen LogP contribution in [-0.4, -0.2) is 46.1 Å². The number of aryl methyl sites for hydroxylation is 1. The highest BCUT2D eigenvalue weighted by molar-refractivity contribution is 5.92. The maximum absolute atomic E-state index is 11.1. The first-order chi connectivity index (χ1) is 10.1. The number of aliphatic hydroxyl groups excluding tert-OH is 1. The van der Waals surface area contributed by atoms with Gasteiger partial charge in [-0.15, -0.1) is 0 Å². The average Bonchev–Trinajstić information content (AvgIpc) is 2.82. The zero-order chi connectivity index (χ0) is 15.4. The van der Waals surface area contributed by atoms with Crippen LogP contribution in [0.1, 0.15) is 35.6 Å². The number of hydrogen-bond donors (Lipinski definition) is 2. The van der Waals surface area contributed by atoms with Crippen LogP contribution >= 0.6 is 0 Å². The average molecular weight is 292 g/mol. The normalized spacial score (nSPS) is 12.7. The van der Waals surface area contributed by atoms with Crippen molar-refractivity contribution in [1.82, 2.24) is 9.55 Å². The van der Waals surface area contributed by atoms with E-state index >= 15 is 0 Å². The van der Waals surface area contributed by atoms with E-state index in [1.165, 1.54) is 0 Å². The number of imidazole rings is 1. The Morgan fingerprint density at radius 2 is 2.24 bits per heavy atom. The summed E-state index contributed by atoms with van der Waals surface area (Å²) in [6, 6.07) is 4.57. The monoisotopic (exact) mass is 292 g/mol. The van der Waals surface area contributed by atoms with E-state index in [0.29, 0.717) is 6.61 Å². The maximum atomic E-state index is 11.1. The minimum Gasteiger partial charge on any atom is -0.478 e. The molecule has 0 aliphatic heterocycles. The summed E-state index contributed by atoms with van der Waals surface area (Å²) in [5, 5.41) is 18.8. The van der Waals surface area contributed by atoms with Crippen LogP contribution in [0.3, 0.4) is 0 Å². The number of benzene rings is 1. The van der Waals surface area contributed by atoms with Crippen molar-refractivity contribution in [2.24, 2.45) is 0 Å². The van der Waals surface area contributed by atoms with Crippen LogP contribution in [0.25, 0.3) is 11.0 Å². The highest BCUT2D eigenvalue weighted by Crippen LogP contribution is 2.24. The van der Waals surface area contributed by atoms with E-state index in [9.17, 15) is 9.90 Å². The van der Waals surface area contributed by atoms with Crippen molar-refractivity contribution in [2.45, 2.75) is 25.8 Å². The molecule has 0 aliphatic rings. The fourth-order valence-electron chi connectivity index (χ4n) is 2.48. The molecule has 6 heteroatoms. The molecule has 0 fully saturated rings. The second kappa shape index (κ2) is 6.69. The lowest BCUT2D eigenvalue weighted by atomic mass is 10.2. The number of carboxylic acid groups (broad SMARTS) is 1. The van der Waals surface area contributed by atoms with Gasteiger partial charge in [-0.1, -0.05) is 6.92 Å². The molecule has 0 radical (unpaired) electrons. The summed E-state index contributed by atoms with van der Waals surface area (Å²) in [7, 11) is 1.57. The van der Waals surface area contributed by atoms with Crippen LogP contribution in [0.15, 0.2) is 18.2 Å². The van der Waals surface area contributed by atoms with Crippen molar-refractivity contribution in [2.75, 3.05) is 20.3 Å². The molecule has 0 bridgehead atoms. The second-order valence-electron chi connectivity index (χ2n) is 4.95. The molecule has 1 aromatic carbocycles. The number of nitrogens with zero attached hydrogens (tertiary/aromatic N) is 2. The summed E-state index contributed by atoms with van der Waals surface area (Å²) in [6.07, 6.45) is 1.68. The zero-order valence-corrected chi connectivity index (χ0v) is 12.2. The number of aromatic nitrogens is 2. The minimum atomic E-state index is -0.978. The van der Waals surface area contributed by atoms with Crippen molar-refractivity contribution >= 4 is 17.0 Å². The summed E-state index contributed by atoms with van der Waals surface area (Å²) in [6.45, 7) is 2.31. The summed E-state index contributed by atoms with van der Waals surface area (Å²) in [5.41, 5.74) is 1.66. The Bertz CT molecular complexity index is 636. The molecular formula is C15H20N2O4. The summed E-state index contributed by atoms with van der Waals surface area (Å²) in [5.74, 6) is -0.139. The Kier molecular flexibility index (Phi) is 4.93. The van der Waals surface area contributed by atoms with Crippen LogP contribution in [0.5, 0.6) is 0 Å². The number of carbonyl (C=O) groups is 1. The van der Waals surface area contributed by atoms with Crippen LogP contribution in [0.4, 0.5) is 0 Å². The van der Waals surface area contributed by atoms with Crippen LogP contribution in [-0.2, 0) is 11.2 Å². The molecule has 2 rings (SSSR count). The molecule has 2 aromatic rings. The predicted molar refractivity (Wildman–Crippen MR) is 78.7 cm³/mol. The van der Waals surface area contributed by atoms with Crippen LogP contribution < -0.4 is 0 Å². The summed E-state index contributed by atoms with van der Waals surface area (Å²) >= 11 is 0. The van der Waals surface area contributed by atoms with Gasteiger partial charge in [-0.25, -0.2) is 9.78 Å². The highest BCUT2D eigenvalue weighted by Gasteiger charge is 2.19. The summed E-state index contributed by atoms with van der Waals surface area (Å²) < 4.78 is 7.05. The first-order valence-electron chi connectivity index (χ1n) is 6.96. The fourth-order valence-corrected chi connectivity index (χ4v) is 2.48. The number of aliphatic hydroxyl groups is 1. The van der Waals surface area contributed by atoms with Gasteiger partial charge in [-0.3, -0.25) is 0 Å². The number of fused-ring (bicyclic) bond motifs is 1. The van der Waals surface area contributed by atoms with Gasteiger partial charge >= 0.3 is 5.97 Å². The third-order valence-electron chi connectivity index (χ3n) is 3.42. The lowest BCUT2D eigenvalue weighted by Gasteiger charge is -2.19. The first kappa shape index (κ1) is 15.5. The molecule has 1 heterocycles. The molecule has 114 valence electrons. The van der Waals surface area contributed by atoms with E-state index in [4.69, 9.17) is 9.84 Å². The minimum absolute atomic E-state index is 0.0900. The molecule has 0 aliphatic carbocycles. The van der Waals surface area contributed by atoms with Gasteiger partial charge in [0.2, 0.25) is 0 Å². The van der Waals surface area contributed by atoms with Crippen molar-refractivity contribution in [3.05, 3.63) is 29.6 Å². The molecule has 2 N–H and O–H groups in total.